The second-order valence-electron chi connectivity index (χ2n) is 7.35. The number of primary amides is 1. The second-order valence-corrected chi connectivity index (χ2v) is 7.35. The van der Waals surface area contributed by atoms with E-state index >= 15 is 0 Å². The summed E-state index contributed by atoms with van der Waals surface area (Å²) in [5, 5.41) is 14.4. The van der Waals surface area contributed by atoms with Crippen LogP contribution in [-0.4, -0.2) is 38.1 Å². The summed E-state index contributed by atoms with van der Waals surface area (Å²) in [5.74, 6) is -0.782. The van der Waals surface area contributed by atoms with Gasteiger partial charge in [0.15, 0.2) is 5.65 Å². The van der Waals surface area contributed by atoms with Gasteiger partial charge in [0.2, 0.25) is 5.91 Å². The summed E-state index contributed by atoms with van der Waals surface area (Å²) >= 11 is 0. The third kappa shape index (κ3) is 4.18. The van der Waals surface area contributed by atoms with E-state index in [1.54, 1.807) is 53.2 Å². The summed E-state index contributed by atoms with van der Waals surface area (Å²) < 4.78 is 1.63. The molecule has 34 heavy (non-hydrogen) atoms. The topological polar surface area (TPSA) is 157 Å². The van der Waals surface area contributed by atoms with E-state index in [2.05, 4.69) is 21.6 Å². The van der Waals surface area contributed by atoms with Crippen molar-refractivity contribution >= 4 is 34.4 Å². The average molecular weight is 452 g/mol. The van der Waals surface area contributed by atoms with Crippen LogP contribution in [0.5, 0.6) is 0 Å². The van der Waals surface area contributed by atoms with Gasteiger partial charge in [0.25, 0.3) is 5.91 Å². The molecule has 4 aromatic rings. The molecule has 0 saturated carbocycles. The first-order valence-electron chi connectivity index (χ1n) is 10.2. The summed E-state index contributed by atoms with van der Waals surface area (Å²) in [6.45, 7) is 4.01. The lowest BCUT2D eigenvalue weighted by Crippen LogP contribution is -2.34. The normalized spacial score (nSPS) is 10.6. The Morgan fingerprint density at radius 3 is 2.44 bits per heavy atom. The Morgan fingerprint density at radius 2 is 1.79 bits per heavy atom. The Bertz CT molecular complexity index is 1440. The number of benzene rings is 2. The van der Waals surface area contributed by atoms with E-state index in [0.29, 0.717) is 33.5 Å². The SMILES string of the molecule is C=C(C#N)C(=O)N(CCn1nc(-c2ccc(C(N)=O)cc2)c2c(N)ncnc21)c1ccccc1. The van der Waals surface area contributed by atoms with E-state index in [0.717, 1.165) is 0 Å². The molecule has 0 aliphatic heterocycles. The summed E-state index contributed by atoms with van der Waals surface area (Å²) in [6, 6.07) is 17.4. The van der Waals surface area contributed by atoms with Gasteiger partial charge in [-0.2, -0.15) is 10.4 Å². The molecule has 0 atom stereocenters. The summed E-state index contributed by atoms with van der Waals surface area (Å²) in [5.41, 5.74) is 14.0. The molecule has 168 valence electrons. The molecular formula is C24H20N8O2. The zero-order chi connectivity index (χ0) is 24.2. The van der Waals surface area contributed by atoms with E-state index in [1.807, 2.05) is 12.1 Å². The average Bonchev–Trinajstić information content (AvgIpc) is 3.24. The van der Waals surface area contributed by atoms with Gasteiger partial charge in [0.1, 0.15) is 29.5 Å². The van der Waals surface area contributed by atoms with E-state index < -0.39 is 11.8 Å². The van der Waals surface area contributed by atoms with Crippen LogP contribution >= 0.6 is 0 Å². The molecule has 2 heterocycles. The molecule has 0 radical (unpaired) electrons. The Kier molecular flexibility index (Phi) is 6.01. The third-order valence-electron chi connectivity index (χ3n) is 5.24. The van der Waals surface area contributed by atoms with Gasteiger partial charge in [-0.25, -0.2) is 14.6 Å². The summed E-state index contributed by atoms with van der Waals surface area (Å²) in [7, 11) is 0. The summed E-state index contributed by atoms with van der Waals surface area (Å²) in [6.07, 6.45) is 1.34. The van der Waals surface area contributed by atoms with E-state index in [4.69, 9.17) is 16.7 Å². The predicted molar refractivity (Wildman–Crippen MR) is 127 cm³/mol. The maximum Gasteiger partial charge on any atom is 0.268 e. The van der Waals surface area contributed by atoms with Crippen molar-refractivity contribution in [2.24, 2.45) is 5.73 Å². The molecule has 10 heteroatoms. The van der Waals surface area contributed by atoms with Crippen LogP contribution in [0, 0.1) is 11.3 Å². The van der Waals surface area contributed by atoms with Gasteiger partial charge < -0.3 is 16.4 Å². The number of anilines is 2. The number of hydrogen-bond acceptors (Lipinski definition) is 7. The van der Waals surface area contributed by atoms with Gasteiger partial charge in [-0.1, -0.05) is 36.9 Å². The van der Waals surface area contributed by atoms with Gasteiger partial charge in [0, 0.05) is 23.4 Å². The fourth-order valence-electron chi connectivity index (χ4n) is 3.54. The first-order valence-corrected chi connectivity index (χ1v) is 10.2. The van der Waals surface area contributed by atoms with Crippen LogP contribution in [0.3, 0.4) is 0 Å². The van der Waals surface area contributed by atoms with Crippen LogP contribution in [0.25, 0.3) is 22.3 Å². The fourth-order valence-corrected chi connectivity index (χ4v) is 3.54. The number of amides is 2. The van der Waals surface area contributed by atoms with Crippen molar-refractivity contribution < 1.29 is 9.59 Å². The highest BCUT2D eigenvalue weighted by Gasteiger charge is 2.21. The number of nitrogens with zero attached hydrogens (tertiary/aromatic N) is 6. The van der Waals surface area contributed by atoms with Crippen molar-refractivity contribution in [1.82, 2.24) is 19.7 Å². The van der Waals surface area contributed by atoms with Crippen molar-refractivity contribution in [2.45, 2.75) is 6.54 Å². The Labute approximate surface area is 194 Å². The zero-order valence-electron chi connectivity index (χ0n) is 18.0. The van der Waals surface area contributed by atoms with E-state index in [1.165, 1.54) is 11.2 Å². The molecule has 0 spiro atoms. The molecule has 2 aromatic carbocycles. The van der Waals surface area contributed by atoms with Gasteiger partial charge in [-0.15, -0.1) is 0 Å². The lowest BCUT2D eigenvalue weighted by molar-refractivity contribution is -0.114. The minimum Gasteiger partial charge on any atom is -0.383 e. The van der Waals surface area contributed by atoms with Crippen LogP contribution in [0.4, 0.5) is 11.5 Å². The number of carbonyl (C=O) groups is 2. The molecular weight excluding hydrogens is 432 g/mol. The molecule has 10 nitrogen and oxygen atoms in total. The number of rotatable bonds is 7. The molecule has 0 unspecified atom stereocenters. The monoisotopic (exact) mass is 452 g/mol. The van der Waals surface area contributed by atoms with E-state index in [9.17, 15) is 9.59 Å². The number of carbonyl (C=O) groups excluding carboxylic acids is 2. The lowest BCUT2D eigenvalue weighted by atomic mass is 10.1. The smallest absolute Gasteiger partial charge is 0.268 e. The predicted octanol–water partition coefficient (Wildman–Crippen LogP) is 2.29. The highest BCUT2D eigenvalue weighted by Crippen LogP contribution is 2.30. The van der Waals surface area contributed by atoms with Crippen LogP contribution in [0.1, 0.15) is 10.4 Å². The first-order chi connectivity index (χ1) is 16.4. The molecule has 0 saturated heterocycles. The highest BCUT2D eigenvalue weighted by atomic mass is 16.2. The number of hydrogen-bond donors (Lipinski definition) is 2. The molecule has 0 fully saturated rings. The first kappa shape index (κ1) is 22.2. The quantitative estimate of drug-likeness (QED) is 0.322. The van der Waals surface area contributed by atoms with E-state index in [-0.39, 0.29) is 24.5 Å². The molecule has 2 aromatic heterocycles. The van der Waals surface area contributed by atoms with Crippen molar-refractivity contribution in [3.8, 4) is 17.3 Å². The fraction of sp³-hybridized carbons (Fsp3) is 0.0833. The number of para-hydroxylation sites is 1. The Hall–Kier alpha value is -5.04. The summed E-state index contributed by atoms with van der Waals surface area (Å²) in [4.78, 5) is 34.1. The minimum absolute atomic E-state index is 0.170. The highest BCUT2D eigenvalue weighted by molar-refractivity contribution is 6.07. The molecule has 0 aliphatic rings. The number of fused-ring (bicyclic) bond motifs is 1. The largest absolute Gasteiger partial charge is 0.383 e. The van der Waals surface area contributed by atoms with Crippen LogP contribution < -0.4 is 16.4 Å². The molecule has 4 rings (SSSR count). The number of aromatic nitrogens is 4. The van der Waals surface area contributed by atoms with Crippen LogP contribution in [-0.2, 0) is 11.3 Å². The molecule has 2 amide bonds. The Morgan fingerprint density at radius 1 is 1.09 bits per heavy atom. The van der Waals surface area contributed by atoms with Crippen molar-refractivity contribution in [3.05, 3.63) is 78.6 Å². The number of nitriles is 1. The van der Waals surface area contributed by atoms with Crippen molar-refractivity contribution in [2.75, 3.05) is 17.2 Å². The van der Waals surface area contributed by atoms with Gasteiger partial charge in [0.05, 0.1) is 11.9 Å². The maximum atomic E-state index is 12.8. The second kappa shape index (κ2) is 9.22. The standard InChI is InChI=1S/C24H20N8O2/c1-15(13-25)24(34)31(18-5-3-2-4-6-18)11-12-32-23-19(21(26)28-14-29-23)20(30-32)16-7-9-17(10-8-16)22(27)33/h2-10,14H,1,11-12H2,(H2,27,33)(H2,26,28,29). The lowest BCUT2D eigenvalue weighted by Gasteiger charge is -2.22. The maximum absolute atomic E-state index is 12.8. The molecule has 0 bridgehead atoms. The molecule has 4 N–H and O–H groups in total. The van der Waals surface area contributed by atoms with Crippen molar-refractivity contribution in [3.63, 3.8) is 0 Å². The van der Waals surface area contributed by atoms with Gasteiger partial charge in [-0.3, -0.25) is 9.59 Å². The zero-order valence-corrected chi connectivity index (χ0v) is 18.0. The Balaban J connectivity index is 1.72. The van der Waals surface area contributed by atoms with Gasteiger partial charge in [-0.05, 0) is 24.3 Å². The minimum atomic E-state index is -0.533. The van der Waals surface area contributed by atoms with Crippen molar-refractivity contribution in [1.29, 1.82) is 5.26 Å². The number of nitrogens with two attached hydrogens (primary N) is 2. The molecule has 0 aliphatic carbocycles. The number of nitrogen functional groups attached to an aromatic ring is 1. The van der Waals surface area contributed by atoms with Gasteiger partial charge >= 0.3 is 0 Å². The van der Waals surface area contributed by atoms with Crippen LogP contribution in [0.15, 0.2) is 73.1 Å². The third-order valence-corrected chi connectivity index (χ3v) is 5.24. The van der Waals surface area contributed by atoms with Crippen LogP contribution in [0.2, 0.25) is 0 Å².